The Labute approximate surface area is 166 Å². The van der Waals surface area contributed by atoms with Crippen molar-refractivity contribution in [3.8, 4) is 5.75 Å². The fraction of sp³-hybridized carbons (Fsp3) is 0.278. The van der Waals surface area contributed by atoms with E-state index in [-0.39, 0.29) is 35.0 Å². The average molecular weight is 423 g/mol. The van der Waals surface area contributed by atoms with Crippen LogP contribution in [0.25, 0.3) is 0 Å². The summed E-state index contributed by atoms with van der Waals surface area (Å²) in [5, 5.41) is 13.5. The second-order valence-electron chi connectivity index (χ2n) is 6.36. The van der Waals surface area contributed by atoms with Gasteiger partial charge in [-0.1, -0.05) is 0 Å². The summed E-state index contributed by atoms with van der Waals surface area (Å²) in [5.41, 5.74) is -0.180. The molecule has 0 aromatic heterocycles. The molecule has 9 nitrogen and oxygen atoms in total. The molecule has 2 aromatic carbocycles. The Morgan fingerprint density at radius 3 is 2.59 bits per heavy atom. The highest BCUT2D eigenvalue weighted by molar-refractivity contribution is 7.89. The van der Waals surface area contributed by atoms with E-state index in [9.17, 15) is 27.7 Å². The van der Waals surface area contributed by atoms with Crippen LogP contribution in [0.2, 0.25) is 0 Å². The van der Waals surface area contributed by atoms with Crippen LogP contribution >= 0.6 is 0 Å². The van der Waals surface area contributed by atoms with E-state index >= 15 is 0 Å². The summed E-state index contributed by atoms with van der Waals surface area (Å²) in [4.78, 5) is 23.1. The number of hydrogen-bond acceptors (Lipinski definition) is 6. The Morgan fingerprint density at radius 1 is 1.28 bits per heavy atom. The van der Waals surface area contributed by atoms with Gasteiger partial charge in [0.1, 0.15) is 17.6 Å². The number of sulfonamides is 1. The number of nitro benzene ring substituents is 1. The van der Waals surface area contributed by atoms with Crippen molar-refractivity contribution in [2.45, 2.75) is 23.8 Å². The first kappa shape index (κ1) is 20.7. The normalized spacial score (nSPS) is 17.1. The molecule has 0 spiro atoms. The molecule has 1 saturated heterocycles. The average Bonchev–Trinajstić information content (AvgIpc) is 3.19. The molecule has 1 aliphatic heterocycles. The Hall–Kier alpha value is -3.05. The summed E-state index contributed by atoms with van der Waals surface area (Å²) in [7, 11) is -2.67. The topological polar surface area (TPSA) is 119 Å². The summed E-state index contributed by atoms with van der Waals surface area (Å²) < 4.78 is 45.1. The molecule has 2 aromatic rings. The molecule has 0 saturated carbocycles. The van der Waals surface area contributed by atoms with Crippen LogP contribution < -0.4 is 10.1 Å². The molecule has 0 radical (unpaired) electrons. The molecule has 1 N–H and O–H groups in total. The van der Waals surface area contributed by atoms with Gasteiger partial charge in [0, 0.05) is 18.7 Å². The number of nitrogens with one attached hydrogen (secondary N) is 1. The van der Waals surface area contributed by atoms with Gasteiger partial charge in [-0.05, 0) is 43.2 Å². The molecule has 1 heterocycles. The number of benzene rings is 2. The maximum atomic E-state index is 13.1. The zero-order valence-electron chi connectivity index (χ0n) is 15.4. The number of nitro groups is 1. The Morgan fingerprint density at radius 2 is 1.97 bits per heavy atom. The van der Waals surface area contributed by atoms with Crippen molar-refractivity contribution in [2.75, 3.05) is 19.0 Å². The third-order valence-electron chi connectivity index (χ3n) is 4.58. The summed E-state index contributed by atoms with van der Waals surface area (Å²) in [5.74, 6) is -1.00. The fourth-order valence-corrected chi connectivity index (χ4v) is 4.81. The standard InChI is InChI=1S/C18H18FN3O6S/c1-28-17-9-6-13(22(24)25)11-15(17)20-18(23)16-3-2-10-21(16)29(26,27)14-7-4-12(19)5-8-14/h4-9,11,16H,2-3,10H2,1H3,(H,20,23). The fourth-order valence-electron chi connectivity index (χ4n) is 3.16. The molecule has 29 heavy (non-hydrogen) atoms. The van der Waals surface area contributed by atoms with Gasteiger partial charge in [0.05, 0.1) is 22.6 Å². The van der Waals surface area contributed by atoms with Gasteiger partial charge in [0.25, 0.3) is 5.69 Å². The number of anilines is 1. The van der Waals surface area contributed by atoms with Crippen molar-refractivity contribution in [1.29, 1.82) is 0 Å². The van der Waals surface area contributed by atoms with Crippen molar-refractivity contribution in [3.05, 3.63) is 58.4 Å². The van der Waals surface area contributed by atoms with Gasteiger partial charge in [-0.3, -0.25) is 14.9 Å². The van der Waals surface area contributed by atoms with E-state index in [4.69, 9.17) is 4.74 Å². The van der Waals surface area contributed by atoms with E-state index < -0.39 is 32.7 Å². The minimum Gasteiger partial charge on any atom is -0.495 e. The minimum atomic E-state index is -4.01. The molecule has 1 aliphatic rings. The van der Waals surface area contributed by atoms with E-state index in [1.807, 2.05) is 0 Å². The first-order chi connectivity index (χ1) is 13.7. The summed E-state index contributed by atoms with van der Waals surface area (Å²) in [6.07, 6.45) is 0.744. The Balaban J connectivity index is 1.86. The van der Waals surface area contributed by atoms with Gasteiger partial charge in [-0.15, -0.1) is 0 Å². The Kier molecular flexibility index (Phi) is 5.80. The summed E-state index contributed by atoms with van der Waals surface area (Å²) in [6.45, 7) is 0.129. The minimum absolute atomic E-state index is 0.0673. The van der Waals surface area contributed by atoms with E-state index in [0.717, 1.165) is 34.6 Å². The van der Waals surface area contributed by atoms with Crippen molar-refractivity contribution >= 4 is 27.3 Å². The van der Waals surface area contributed by atoms with Crippen LogP contribution in [0.4, 0.5) is 15.8 Å². The molecule has 1 unspecified atom stereocenters. The molecule has 11 heteroatoms. The quantitative estimate of drug-likeness (QED) is 0.563. The predicted molar refractivity (Wildman–Crippen MR) is 102 cm³/mol. The highest BCUT2D eigenvalue weighted by Crippen LogP contribution is 2.31. The van der Waals surface area contributed by atoms with Crippen LogP contribution in [0.5, 0.6) is 5.75 Å². The van der Waals surface area contributed by atoms with E-state index in [0.29, 0.717) is 6.42 Å². The zero-order chi connectivity index (χ0) is 21.2. The number of hydrogen-bond donors (Lipinski definition) is 1. The molecule has 154 valence electrons. The monoisotopic (exact) mass is 423 g/mol. The van der Waals surface area contributed by atoms with Crippen LogP contribution in [-0.4, -0.2) is 43.2 Å². The molecule has 3 rings (SSSR count). The number of carbonyl (C=O) groups is 1. The molecule has 1 amide bonds. The van der Waals surface area contributed by atoms with Crippen molar-refractivity contribution in [3.63, 3.8) is 0 Å². The largest absolute Gasteiger partial charge is 0.495 e. The van der Waals surface area contributed by atoms with Crippen molar-refractivity contribution in [1.82, 2.24) is 4.31 Å². The smallest absolute Gasteiger partial charge is 0.271 e. The van der Waals surface area contributed by atoms with Crippen LogP contribution in [0.1, 0.15) is 12.8 Å². The number of carbonyl (C=O) groups excluding carboxylic acids is 1. The second-order valence-corrected chi connectivity index (χ2v) is 8.25. The molecule has 0 bridgehead atoms. The second kappa shape index (κ2) is 8.13. The van der Waals surface area contributed by atoms with Gasteiger partial charge in [-0.25, -0.2) is 12.8 Å². The number of ether oxygens (including phenoxy) is 1. The third-order valence-corrected chi connectivity index (χ3v) is 6.50. The van der Waals surface area contributed by atoms with Crippen LogP contribution in [0.3, 0.4) is 0 Å². The number of halogens is 1. The van der Waals surface area contributed by atoms with Gasteiger partial charge in [0.2, 0.25) is 15.9 Å². The van der Waals surface area contributed by atoms with Gasteiger partial charge in [-0.2, -0.15) is 4.31 Å². The maximum Gasteiger partial charge on any atom is 0.271 e. The highest BCUT2D eigenvalue weighted by atomic mass is 32.2. The number of amides is 1. The first-order valence-corrected chi connectivity index (χ1v) is 10.1. The molecule has 0 aliphatic carbocycles. The first-order valence-electron chi connectivity index (χ1n) is 8.65. The SMILES string of the molecule is COc1ccc([N+](=O)[O-])cc1NC(=O)C1CCCN1S(=O)(=O)c1ccc(F)cc1. The number of non-ortho nitro benzene ring substituents is 1. The number of rotatable bonds is 6. The maximum absolute atomic E-state index is 13.1. The van der Waals surface area contributed by atoms with Gasteiger partial charge >= 0.3 is 0 Å². The van der Waals surface area contributed by atoms with Crippen molar-refractivity contribution < 1.29 is 27.3 Å². The number of nitrogens with zero attached hydrogens (tertiary/aromatic N) is 2. The van der Waals surface area contributed by atoms with Crippen LogP contribution in [0.15, 0.2) is 47.4 Å². The predicted octanol–water partition coefficient (Wildman–Crippen LogP) is 2.53. The molecule has 1 fully saturated rings. The van der Waals surface area contributed by atoms with Gasteiger partial charge in [0.15, 0.2) is 0 Å². The van der Waals surface area contributed by atoms with Crippen LogP contribution in [-0.2, 0) is 14.8 Å². The highest BCUT2D eigenvalue weighted by Gasteiger charge is 2.39. The lowest BCUT2D eigenvalue weighted by Gasteiger charge is -2.23. The summed E-state index contributed by atoms with van der Waals surface area (Å²) >= 11 is 0. The lowest BCUT2D eigenvalue weighted by atomic mass is 10.2. The summed E-state index contributed by atoms with van der Waals surface area (Å²) in [6, 6.07) is 7.06. The Bertz CT molecular complexity index is 1040. The van der Waals surface area contributed by atoms with Crippen LogP contribution in [0, 0.1) is 15.9 Å². The molecular formula is C18H18FN3O6S. The third kappa shape index (κ3) is 4.20. The zero-order valence-corrected chi connectivity index (χ0v) is 16.2. The molecular weight excluding hydrogens is 405 g/mol. The molecule has 1 atom stereocenters. The van der Waals surface area contributed by atoms with E-state index in [2.05, 4.69) is 5.32 Å². The lowest BCUT2D eigenvalue weighted by Crippen LogP contribution is -2.43. The van der Waals surface area contributed by atoms with E-state index in [1.165, 1.54) is 19.2 Å². The van der Waals surface area contributed by atoms with Crippen molar-refractivity contribution in [2.24, 2.45) is 0 Å². The lowest BCUT2D eigenvalue weighted by molar-refractivity contribution is -0.384. The van der Waals surface area contributed by atoms with E-state index in [1.54, 1.807) is 0 Å². The van der Waals surface area contributed by atoms with Gasteiger partial charge < -0.3 is 10.1 Å². The number of methoxy groups -OCH3 is 1.